The van der Waals surface area contributed by atoms with Gasteiger partial charge >= 0.3 is 0 Å². The number of hydrogen-bond donors (Lipinski definition) is 0. The fourth-order valence-electron chi connectivity index (χ4n) is 1.69. The molecule has 0 aromatic heterocycles. The Kier molecular flexibility index (Phi) is 5.72. The van der Waals surface area contributed by atoms with E-state index >= 15 is 0 Å². The predicted octanol–water partition coefficient (Wildman–Crippen LogP) is 2.95. The van der Waals surface area contributed by atoms with Gasteiger partial charge in [-0.1, -0.05) is 6.07 Å². The Labute approximate surface area is 108 Å². The average Bonchev–Trinajstić information content (AvgIpc) is 2.28. The summed E-state index contributed by atoms with van der Waals surface area (Å²) in [5, 5.41) is 0. The molecule has 0 heterocycles. The molecule has 0 saturated heterocycles. The van der Waals surface area contributed by atoms with Crippen LogP contribution in [-0.4, -0.2) is 39.1 Å². The number of benzene rings is 1. The lowest BCUT2D eigenvalue weighted by Gasteiger charge is -2.21. The highest BCUT2D eigenvalue weighted by Crippen LogP contribution is 2.20. The Hall–Kier alpha value is -0.800. The third-order valence-corrected chi connectivity index (χ3v) is 2.99. The third-order valence-electron chi connectivity index (χ3n) is 2.68. The first-order valence-electron chi connectivity index (χ1n) is 5.75. The van der Waals surface area contributed by atoms with Gasteiger partial charge in [0.25, 0.3) is 0 Å². The highest BCUT2D eigenvalue weighted by Gasteiger charge is 2.08. The second-order valence-electron chi connectivity index (χ2n) is 4.50. The Morgan fingerprint density at radius 1 is 1.18 bits per heavy atom. The minimum absolute atomic E-state index is 0.199. The fraction of sp³-hybridized carbons (Fsp3) is 0.538. The van der Waals surface area contributed by atoms with Crippen molar-refractivity contribution in [3.05, 3.63) is 29.6 Å². The van der Waals surface area contributed by atoms with Crippen LogP contribution in [0.15, 0.2) is 18.2 Å². The molecule has 1 aromatic rings. The summed E-state index contributed by atoms with van der Waals surface area (Å²) in [6.07, 6.45) is 1.01. The van der Waals surface area contributed by atoms with Crippen LogP contribution in [0.4, 0.5) is 10.1 Å². The van der Waals surface area contributed by atoms with E-state index in [0.29, 0.717) is 11.6 Å². The Bertz CT molecular complexity index is 355. The lowest BCUT2D eigenvalue weighted by atomic mass is 10.2. The molecular weight excluding hydrogens is 239 g/mol. The first-order chi connectivity index (χ1) is 8.04. The summed E-state index contributed by atoms with van der Waals surface area (Å²) in [6.45, 7) is 1.85. The second-order valence-corrected chi connectivity index (χ2v) is 4.77. The number of alkyl halides is 1. The van der Waals surface area contributed by atoms with Crippen molar-refractivity contribution in [2.75, 3.05) is 39.1 Å². The molecule has 17 heavy (non-hydrogen) atoms. The standard InChI is InChI=1S/C13H20ClFN2/c1-16(2)7-4-8-17(3)13-6-5-11(10-14)9-12(13)15/h5-6,9H,4,7-8,10H2,1-3H3. The maximum absolute atomic E-state index is 13.8. The van der Waals surface area contributed by atoms with Crippen LogP contribution in [0.2, 0.25) is 0 Å². The van der Waals surface area contributed by atoms with Crippen molar-refractivity contribution in [3.63, 3.8) is 0 Å². The topological polar surface area (TPSA) is 6.48 Å². The van der Waals surface area contributed by atoms with Gasteiger partial charge in [0, 0.05) is 19.5 Å². The molecule has 0 aliphatic heterocycles. The highest BCUT2D eigenvalue weighted by atomic mass is 35.5. The lowest BCUT2D eigenvalue weighted by molar-refractivity contribution is 0.401. The van der Waals surface area contributed by atoms with Gasteiger partial charge in [0.05, 0.1) is 5.69 Å². The van der Waals surface area contributed by atoms with Gasteiger partial charge in [0.15, 0.2) is 0 Å². The van der Waals surface area contributed by atoms with Gasteiger partial charge < -0.3 is 9.80 Å². The van der Waals surface area contributed by atoms with Crippen LogP contribution < -0.4 is 4.90 Å². The van der Waals surface area contributed by atoms with E-state index in [1.807, 2.05) is 32.1 Å². The molecule has 4 heteroatoms. The molecule has 1 rings (SSSR count). The summed E-state index contributed by atoms with van der Waals surface area (Å²) < 4.78 is 13.8. The van der Waals surface area contributed by atoms with Crippen molar-refractivity contribution in [1.82, 2.24) is 4.90 Å². The van der Waals surface area contributed by atoms with Crippen LogP contribution in [0.25, 0.3) is 0 Å². The zero-order chi connectivity index (χ0) is 12.8. The average molecular weight is 259 g/mol. The van der Waals surface area contributed by atoms with Crippen molar-refractivity contribution >= 4 is 17.3 Å². The number of rotatable bonds is 6. The van der Waals surface area contributed by atoms with E-state index in [0.717, 1.165) is 25.1 Å². The molecule has 0 radical (unpaired) electrons. The molecule has 1 aromatic carbocycles. The Morgan fingerprint density at radius 3 is 2.41 bits per heavy atom. The molecule has 0 aliphatic rings. The maximum atomic E-state index is 13.8. The first kappa shape index (κ1) is 14.3. The van der Waals surface area contributed by atoms with Gasteiger partial charge in [-0.25, -0.2) is 4.39 Å². The number of hydrogen-bond acceptors (Lipinski definition) is 2. The van der Waals surface area contributed by atoms with E-state index in [9.17, 15) is 4.39 Å². The molecule has 0 bridgehead atoms. The van der Waals surface area contributed by atoms with Crippen LogP contribution in [-0.2, 0) is 5.88 Å². The quantitative estimate of drug-likeness (QED) is 0.724. The molecule has 0 spiro atoms. The second kappa shape index (κ2) is 6.82. The van der Waals surface area contributed by atoms with Gasteiger partial charge in [0.1, 0.15) is 5.82 Å². The lowest BCUT2D eigenvalue weighted by Crippen LogP contribution is -2.24. The molecule has 0 N–H and O–H groups in total. The van der Waals surface area contributed by atoms with E-state index in [1.165, 1.54) is 6.07 Å². The highest BCUT2D eigenvalue weighted by molar-refractivity contribution is 6.17. The number of nitrogens with zero attached hydrogens (tertiary/aromatic N) is 2. The van der Waals surface area contributed by atoms with Gasteiger partial charge in [-0.2, -0.15) is 0 Å². The maximum Gasteiger partial charge on any atom is 0.146 e. The van der Waals surface area contributed by atoms with Gasteiger partial charge in [-0.15, -0.1) is 11.6 Å². The smallest absolute Gasteiger partial charge is 0.146 e. The summed E-state index contributed by atoms with van der Waals surface area (Å²) in [6, 6.07) is 5.17. The van der Waals surface area contributed by atoms with Gasteiger partial charge in [-0.05, 0) is 44.8 Å². The molecule has 0 saturated carbocycles. The minimum atomic E-state index is -0.199. The molecule has 0 fully saturated rings. The van der Waals surface area contributed by atoms with Crippen LogP contribution in [0, 0.1) is 5.82 Å². The number of halogens is 2. The number of anilines is 1. The molecule has 0 unspecified atom stereocenters. The fourth-order valence-corrected chi connectivity index (χ4v) is 1.85. The van der Waals surface area contributed by atoms with Crippen molar-refractivity contribution in [1.29, 1.82) is 0 Å². The van der Waals surface area contributed by atoms with Crippen LogP contribution >= 0.6 is 11.6 Å². The molecule has 0 atom stereocenters. The van der Waals surface area contributed by atoms with Crippen molar-refractivity contribution < 1.29 is 4.39 Å². The minimum Gasteiger partial charge on any atom is -0.372 e. The summed E-state index contributed by atoms with van der Waals surface area (Å²) in [7, 11) is 5.99. The monoisotopic (exact) mass is 258 g/mol. The van der Waals surface area contributed by atoms with E-state index in [-0.39, 0.29) is 5.82 Å². The Morgan fingerprint density at radius 2 is 1.88 bits per heavy atom. The van der Waals surface area contributed by atoms with Crippen LogP contribution in [0.1, 0.15) is 12.0 Å². The Balaban J connectivity index is 2.59. The summed E-state index contributed by atoms with van der Waals surface area (Å²) >= 11 is 5.66. The predicted molar refractivity (Wildman–Crippen MR) is 72.4 cm³/mol. The van der Waals surface area contributed by atoms with E-state index in [4.69, 9.17) is 11.6 Å². The van der Waals surface area contributed by atoms with Gasteiger partial charge in [0.2, 0.25) is 0 Å². The molecular formula is C13H20ClFN2. The summed E-state index contributed by atoms with van der Waals surface area (Å²) in [5.74, 6) is 0.150. The molecule has 0 aliphatic carbocycles. The zero-order valence-electron chi connectivity index (χ0n) is 10.7. The SMILES string of the molecule is CN(C)CCCN(C)c1ccc(CCl)cc1F. The summed E-state index contributed by atoms with van der Waals surface area (Å²) in [4.78, 5) is 4.07. The van der Waals surface area contributed by atoms with Crippen molar-refractivity contribution in [2.24, 2.45) is 0 Å². The molecule has 2 nitrogen and oxygen atoms in total. The van der Waals surface area contributed by atoms with E-state index < -0.39 is 0 Å². The van der Waals surface area contributed by atoms with Crippen LogP contribution in [0.5, 0.6) is 0 Å². The zero-order valence-corrected chi connectivity index (χ0v) is 11.5. The van der Waals surface area contributed by atoms with E-state index in [2.05, 4.69) is 4.90 Å². The van der Waals surface area contributed by atoms with Crippen LogP contribution in [0.3, 0.4) is 0 Å². The first-order valence-corrected chi connectivity index (χ1v) is 6.28. The largest absolute Gasteiger partial charge is 0.372 e. The van der Waals surface area contributed by atoms with Gasteiger partial charge in [-0.3, -0.25) is 0 Å². The van der Waals surface area contributed by atoms with E-state index in [1.54, 1.807) is 6.07 Å². The summed E-state index contributed by atoms with van der Waals surface area (Å²) in [5.41, 5.74) is 1.45. The van der Waals surface area contributed by atoms with Crippen molar-refractivity contribution in [3.8, 4) is 0 Å². The van der Waals surface area contributed by atoms with Crippen molar-refractivity contribution in [2.45, 2.75) is 12.3 Å². The third kappa shape index (κ3) is 4.52. The molecule has 96 valence electrons. The normalized spacial score (nSPS) is 10.9. The molecule has 0 amide bonds.